The molecular formula is C29H30F6O3. The van der Waals surface area contributed by atoms with Crippen LogP contribution in [0.3, 0.4) is 0 Å². The fraction of sp³-hybridized carbons (Fsp3) is 0.448. The zero-order valence-corrected chi connectivity index (χ0v) is 21.1. The summed E-state index contributed by atoms with van der Waals surface area (Å²) in [4.78, 5) is 0. The van der Waals surface area contributed by atoms with Crippen molar-refractivity contribution in [3.63, 3.8) is 0 Å². The van der Waals surface area contributed by atoms with Crippen LogP contribution in [0.25, 0.3) is 10.8 Å². The maximum Gasteiger partial charge on any atom is 0.422 e. The molecule has 0 atom stereocenters. The molecule has 0 N–H and O–H groups in total. The van der Waals surface area contributed by atoms with Crippen LogP contribution in [0.5, 0.6) is 0 Å². The van der Waals surface area contributed by atoms with Crippen LogP contribution in [-0.4, -0.2) is 33.2 Å². The maximum atomic E-state index is 15.2. The zero-order chi connectivity index (χ0) is 27.3. The Morgan fingerprint density at radius 1 is 0.842 bits per heavy atom. The van der Waals surface area contributed by atoms with E-state index in [2.05, 4.69) is 0 Å². The highest BCUT2D eigenvalue weighted by Gasteiger charge is 2.37. The average molecular weight is 541 g/mol. The van der Waals surface area contributed by atoms with Gasteiger partial charge in [-0.3, -0.25) is 0 Å². The summed E-state index contributed by atoms with van der Waals surface area (Å²) >= 11 is 0. The molecule has 1 aliphatic rings. The van der Waals surface area contributed by atoms with Crippen LogP contribution < -0.4 is 0 Å². The van der Waals surface area contributed by atoms with Crippen molar-refractivity contribution in [1.29, 1.82) is 0 Å². The van der Waals surface area contributed by atoms with E-state index in [9.17, 15) is 22.0 Å². The van der Waals surface area contributed by atoms with Gasteiger partial charge >= 0.3 is 6.18 Å². The Kier molecular flexibility index (Phi) is 9.33. The van der Waals surface area contributed by atoms with Crippen molar-refractivity contribution in [1.82, 2.24) is 0 Å². The van der Waals surface area contributed by atoms with Crippen molar-refractivity contribution in [2.45, 2.75) is 51.0 Å². The van der Waals surface area contributed by atoms with Gasteiger partial charge in [-0.15, -0.1) is 0 Å². The molecule has 0 amide bonds. The van der Waals surface area contributed by atoms with Crippen LogP contribution in [0, 0.1) is 23.4 Å². The molecule has 4 rings (SSSR count). The molecule has 1 heterocycles. The lowest BCUT2D eigenvalue weighted by Crippen LogP contribution is -2.32. The Bertz CT molecular complexity index is 1210. The van der Waals surface area contributed by atoms with E-state index >= 15 is 4.39 Å². The number of alkyl halides is 3. The summed E-state index contributed by atoms with van der Waals surface area (Å²) < 4.78 is 98.0. The predicted octanol–water partition coefficient (Wildman–Crippen LogP) is 7.41. The van der Waals surface area contributed by atoms with E-state index < -0.39 is 29.2 Å². The Labute approximate surface area is 217 Å². The summed E-state index contributed by atoms with van der Waals surface area (Å²) in [6, 6.07) is 10.1. The van der Waals surface area contributed by atoms with Gasteiger partial charge in [0.25, 0.3) is 0 Å². The molecule has 1 fully saturated rings. The molecule has 0 unspecified atom stereocenters. The van der Waals surface area contributed by atoms with Gasteiger partial charge in [0, 0.05) is 31.4 Å². The van der Waals surface area contributed by atoms with Gasteiger partial charge in [0.05, 0.1) is 13.2 Å². The molecule has 3 aromatic rings. The first-order chi connectivity index (χ1) is 18.2. The molecule has 0 saturated carbocycles. The first kappa shape index (κ1) is 28.4. The monoisotopic (exact) mass is 540 g/mol. The summed E-state index contributed by atoms with van der Waals surface area (Å²) in [5.74, 6) is -3.44. The van der Waals surface area contributed by atoms with Crippen LogP contribution in [0.15, 0.2) is 42.5 Å². The number of fused-ring (bicyclic) bond motifs is 1. The van der Waals surface area contributed by atoms with Crippen LogP contribution in [0.1, 0.15) is 41.5 Å². The summed E-state index contributed by atoms with van der Waals surface area (Å²) in [6.45, 7) is 2.04. The Morgan fingerprint density at radius 2 is 1.55 bits per heavy atom. The highest BCUT2D eigenvalue weighted by Crippen LogP contribution is 2.34. The molecule has 0 spiro atoms. The molecule has 9 heteroatoms. The number of rotatable bonds is 10. The minimum Gasteiger partial charge on any atom is -0.385 e. The van der Waals surface area contributed by atoms with E-state index in [0.717, 1.165) is 25.0 Å². The number of halogens is 6. The van der Waals surface area contributed by atoms with Crippen molar-refractivity contribution >= 4 is 10.8 Å². The third kappa shape index (κ3) is 7.07. The highest BCUT2D eigenvalue weighted by atomic mass is 19.4. The Balaban J connectivity index is 1.34. The first-order valence-corrected chi connectivity index (χ1v) is 12.6. The average Bonchev–Trinajstić information content (AvgIpc) is 2.87. The Morgan fingerprint density at radius 3 is 2.21 bits per heavy atom. The molecule has 0 aliphatic carbocycles. The number of hydrogen-bond donors (Lipinski definition) is 0. The van der Waals surface area contributed by atoms with E-state index in [4.69, 9.17) is 14.2 Å². The maximum absolute atomic E-state index is 15.2. The lowest BCUT2D eigenvalue weighted by atomic mass is 9.97. The molecule has 38 heavy (non-hydrogen) atoms. The zero-order valence-electron chi connectivity index (χ0n) is 21.1. The summed E-state index contributed by atoms with van der Waals surface area (Å²) in [7, 11) is 1.68. The smallest absolute Gasteiger partial charge is 0.385 e. The van der Waals surface area contributed by atoms with Crippen molar-refractivity contribution in [3.8, 4) is 0 Å². The molecule has 206 valence electrons. The fourth-order valence-corrected chi connectivity index (χ4v) is 4.77. The van der Waals surface area contributed by atoms with Gasteiger partial charge in [0.1, 0.15) is 23.0 Å². The number of methoxy groups -OCH3 is 1. The van der Waals surface area contributed by atoms with Crippen LogP contribution >= 0.6 is 0 Å². The van der Waals surface area contributed by atoms with Crippen molar-refractivity contribution in [2.24, 2.45) is 5.92 Å². The standard InChI is InChI=1S/C29H30F6O3/c1-36-12-2-3-20-16-37-26(38-17-20)11-6-18-5-10-23-22(13-18)9-8-21(28(23)32)7-4-19-14-24(30)27(25(31)15-19)29(33,34)35/h5,8-10,13-15,20,26H,2-4,6-7,11-12,16-17H2,1H3. The van der Waals surface area contributed by atoms with Gasteiger partial charge in [0.2, 0.25) is 0 Å². The molecule has 3 nitrogen and oxygen atoms in total. The van der Waals surface area contributed by atoms with E-state index in [1.165, 1.54) is 0 Å². The SMILES string of the molecule is COCCCC1COC(CCc2ccc3c(F)c(CCc4cc(F)c(C(F)(F)F)c(F)c4)ccc3c2)OC1. The minimum atomic E-state index is -5.13. The van der Waals surface area contributed by atoms with Gasteiger partial charge in [0.15, 0.2) is 6.29 Å². The predicted molar refractivity (Wildman–Crippen MR) is 131 cm³/mol. The second kappa shape index (κ2) is 12.5. The van der Waals surface area contributed by atoms with Crippen LogP contribution in [-0.2, 0) is 39.6 Å². The normalized spacial score (nSPS) is 18.3. The van der Waals surface area contributed by atoms with Crippen molar-refractivity contribution in [3.05, 3.63) is 82.2 Å². The van der Waals surface area contributed by atoms with Gasteiger partial charge < -0.3 is 14.2 Å². The van der Waals surface area contributed by atoms with Crippen molar-refractivity contribution < 1.29 is 40.6 Å². The summed E-state index contributed by atoms with van der Waals surface area (Å²) in [6.07, 6.45) is -1.99. The first-order valence-electron chi connectivity index (χ1n) is 12.6. The molecule has 1 saturated heterocycles. The van der Waals surface area contributed by atoms with Gasteiger partial charge in [-0.25, -0.2) is 13.2 Å². The third-order valence-electron chi connectivity index (χ3n) is 6.83. The summed E-state index contributed by atoms with van der Waals surface area (Å²) in [5, 5.41) is 1.11. The van der Waals surface area contributed by atoms with Crippen LogP contribution in [0.4, 0.5) is 26.3 Å². The molecular weight excluding hydrogens is 510 g/mol. The quantitative estimate of drug-likeness (QED) is 0.198. The lowest BCUT2D eigenvalue weighted by Gasteiger charge is -2.29. The Hall–Kier alpha value is -2.62. The van der Waals surface area contributed by atoms with Gasteiger partial charge in [-0.05, 0) is 66.3 Å². The molecule has 0 bridgehead atoms. The van der Waals surface area contributed by atoms with Crippen LogP contribution in [0.2, 0.25) is 0 Å². The largest absolute Gasteiger partial charge is 0.422 e. The van der Waals surface area contributed by atoms with E-state index in [1.54, 1.807) is 25.3 Å². The van der Waals surface area contributed by atoms with Gasteiger partial charge in [-0.1, -0.05) is 30.3 Å². The minimum absolute atomic E-state index is 0.0128. The number of hydrogen-bond acceptors (Lipinski definition) is 3. The number of ether oxygens (including phenoxy) is 3. The number of benzene rings is 3. The molecule has 1 aliphatic heterocycles. The van der Waals surface area contributed by atoms with E-state index in [0.29, 0.717) is 60.4 Å². The van der Waals surface area contributed by atoms with Crippen molar-refractivity contribution in [2.75, 3.05) is 26.9 Å². The molecule has 0 radical (unpaired) electrons. The molecule has 3 aromatic carbocycles. The third-order valence-corrected chi connectivity index (χ3v) is 6.83. The topological polar surface area (TPSA) is 27.7 Å². The van der Waals surface area contributed by atoms with E-state index in [1.807, 2.05) is 12.1 Å². The van der Waals surface area contributed by atoms with E-state index in [-0.39, 0.29) is 24.7 Å². The molecule has 0 aromatic heterocycles. The fourth-order valence-electron chi connectivity index (χ4n) is 4.77. The lowest BCUT2D eigenvalue weighted by molar-refractivity contribution is -0.203. The van der Waals surface area contributed by atoms with Gasteiger partial charge in [-0.2, -0.15) is 13.2 Å². The second-order valence-corrected chi connectivity index (χ2v) is 9.66. The second-order valence-electron chi connectivity index (χ2n) is 9.66. The number of aryl methyl sites for hydroxylation is 3. The summed E-state index contributed by atoms with van der Waals surface area (Å²) in [5.41, 5.74) is -0.571. The highest BCUT2D eigenvalue weighted by molar-refractivity contribution is 5.84.